The number of aliphatic hydroxyl groups is 1. The van der Waals surface area contributed by atoms with Crippen molar-refractivity contribution in [3.8, 4) is 0 Å². The molecule has 0 aromatic heterocycles. The molecule has 0 bridgehead atoms. The number of unbranched alkanes of at least 4 members (excludes halogenated alkanes) is 1. The molecule has 1 aliphatic heterocycles. The Morgan fingerprint density at radius 1 is 1.47 bits per heavy atom. The van der Waals surface area contributed by atoms with Crippen LogP contribution in [0.4, 0.5) is 5.69 Å². The standard InChI is InChI=1S/C14H19NO2/c1-3-4-5-12(16)11-7-9(2)6-10-8-13(17)15-14(10)11/h6-7,12,16H,3-5,8H2,1-2H3,(H,15,17). The number of hydrogen-bond acceptors (Lipinski definition) is 2. The molecule has 0 aliphatic carbocycles. The Morgan fingerprint density at radius 3 is 2.94 bits per heavy atom. The van der Waals surface area contributed by atoms with Crippen molar-refractivity contribution >= 4 is 11.6 Å². The van der Waals surface area contributed by atoms with Crippen LogP contribution in [0.5, 0.6) is 0 Å². The molecule has 1 heterocycles. The lowest BCUT2D eigenvalue weighted by atomic mass is 9.97. The van der Waals surface area contributed by atoms with Gasteiger partial charge in [-0.3, -0.25) is 4.79 Å². The number of aliphatic hydroxyl groups excluding tert-OH is 1. The summed E-state index contributed by atoms with van der Waals surface area (Å²) in [6, 6.07) is 3.99. The highest BCUT2D eigenvalue weighted by molar-refractivity contribution is 6.00. The Balaban J connectivity index is 2.31. The van der Waals surface area contributed by atoms with Gasteiger partial charge in [0.05, 0.1) is 18.2 Å². The predicted molar refractivity (Wildman–Crippen MR) is 68.0 cm³/mol. The molecule has 0 saturated heterocycles. The smallest absolute Gasteiger partial charge is 0.228 e. The number of hydrogen-bond donors (Lipinski definition) is 2. The van der Waals surface area contributed by atoms with Crippen LogP contribution in [-0.2, 0) is 11.2 Å². The van der Waals surface area contributed by atoms with E-state index in [1.54, 1.807) is 0 Å². The van der Waals surface area contributed by atoms with E-state index in [1.807, 2.05) is 19.1 Å². The number of amides is 1. The van der Waals surface area contributed by atoms with E-state index in [0.29, 0.717) is 6.42 Å². The lowest BCUT2D eigenvalue weighted by Crippen LogP contribution is -2.07. The summed E-state index contributed by atoms with van der Waals surface area (Å²) in [5.41, 5.74) is 3.83. The minimum atomic E-state index is -0.470. The molecule has 0 saturated carbocycles. The number of carbonyl (C=O) groups is 1. The molecule has 0 spiro atoms. The maximum atomic E-state index is 11.4. The highest BCUT2D eigenvalue weighted by Crippen LogP contribution is 2.34. The average molecular weight is 233 g/mol. The largest absolute Gasteiger partial charge is 0.388 e. The van der Waals surface area contributed by atoms with Gasteiger partial charge < -0.3 is 10.4 Å². The van der Waals surface area contributed by atoms with Crippen molar-refractivity contribution in [2.45, 2.75) is 45.6 Å². The lowest BCUT2D eigenvalue weighted by Gasteiger charge is -2.15. The van der Waals surface area contributed by atoms with Gasteiger partial charge in [0.15, 0.2) is 0 Å². The zero-order chi connectivity index (χ0) is 12.4. The molecule has 0 fully saturated rings. The first kappa shape index (κ1) is 12.1. The first-order valence-corrected chi connectivity index (χ1v) is 6.23. The molecular weight excluding hydrogens is 214 g/mol. The molecule has 1 amide bonds. The molecule has 92 valence electrons. The molecule has 1 aliphatic rings. The summed E-state index contributed by atoms with van der Waals surface area (Å²) in [6.45, 7) is 4.11. The van der Waals surface area contributed by atoms with Crippen molar-refractivity contribution in [2.24, 2.45) is 0 Å². The maximum absolute atomic E-state index is 11.4. The van der Waals surface area contributed by atoms with Gasteiger partial charge >= 0.3 is 0 Å². The van der Waals surface area contributed by atoms with Crippen LogP contribution in [0.15, 0.2) is 12.1 Å². The number of nitrogens with one attached hydrogen (secondary N) is 1. The van der Waals surface area contributed by atoms with Gasteiger partial charge in [0.2, 0.25) is 5.91 Å². The van der Waals surface area contributed by atoms with Gasteiger partial charge in [-0.1, -0.05) is 37.5 Å². The fraction of sp³-hybridized carbons (Fsp3) is 0.500. The molecule has 1 unspecified atom stereocenters. The summed E-state index contributed by atoms with van der Waals surface area (Å²) in [7, 11) is 0. The third-order valence-electron chi connectivity index (χ3n) is 3.20. The van der Waals surface area contributed by atoms with Crippen molar-refractivity contribution in [1.29, 1.82) is 0 Å². The Labute approximate surface area is 102 Å². The topological polar surface area (TPSA) is 49.3 Å². The molecule has 2 rings (SSSR count). The number of carbonyl (C=O) groups excluding carboxylic acids is 1. The van der Waals surface area contributed by atoms with E-state index in [9.17, 15) is 9.90 Å². The van der Waals surface area contributed by atoms with Crippen molar-refractivity contribution in [3.05, 3.63) is 28.8 Å². The van der Waals surface area contributed by atoms with Crippen molar-refractivity contribution in [3.63, 3.8) is 0 Å². The normalized spacial score (nSPS) is 15.6. The molecule has 3 nitrogen and oxygen atoms in total. The number of fused-ring (bicyclic) bond motifs is 1. The Hall–Kier alpha value is -1.35. The number of anilines is 1. The Morgan fingerprint density at radius 2 is 2.24 bits per heavy atom. The van der Waals surface area contributed by atoms with Crippen molar-refractivity contribution < 1.29 is 9.90 Å². The van der Waals surface area contributed by atoms with Crippen LogP contribution < -0.4 is 5.32 Å². The second kappa shape index (κ2) is 4.88. The predicted octanol–water partition coefficient (Wildman–Crippen LogP) is 2.71. The highest BCUT2D eigenvalue weighted by atomic mass is 16.3. The van der Waals surface area contributed by atoms with Crippen molar-refractivity contribution in [2.75, 3.05) is 5.32 Å². The van der Waals surface area contributed by atoms with Gasteiger partial charge in [0.1, 0.15) is 0 Å². The van der Waals surface area contributed by atoms with Crippen LogP contribution in [0.3, 0.4) is 0 Å². The summed E-state index contributed by atoms with van der Waals surface area (Å²) in [5.74, 6) is 0.0227. The third-order valence-corrected chi connectivity index (χ3v) is 3.20. The summed E-state index contributed by atoms with van der Waals surface area (Å²) < 4.78 is 0. The summed E-state index contributed by atoms with van der Waals surface area (Å²) >= 11 is 0. The first-order valence-electron chi connectivity index (χ1n) is 6.23. The minimum Gasteiger partial charge on any atom is -0.388 e. The first-order chi connectivity index (χ1) is 8.11. The van der Waals surface area contributed by atoms with Crippen LogP contribution in [0, 0.1) is 6.92 Å². The maximum Gasteiger partial charge on any atom is 0.228 e. The fourth-order valence-electron chi connectivity index (χ4n) is 2.36. The number of benzene rings is 1. The SMILES string of the molecule is CCCCC(O)c1cc(C)cc2c1NC(=O)C2. The van der Waals surface area contributed by atoms with E-state index in [-0.39, 0.29) is 5.91 Å². The molecule has 1 aromatic carbocycles. The van der Waals surface area contributed by atoms with Crippen LogP contribution in [-0.4, -0.2) is 11.0 Å². The van der Waals surface area contributed by atoms with Gasteiger partial charge in [0, 0.05) is 5.56 Å². The number of rotatable bonds is 4. The van der Waals surface area contributed by atoms with Crippen LogP contribution >= 0.6 is 0 Å². The minimum absolute atomic E-state index is 0.0227. The van der Waals surface area contributed by atoms with E-state index in [2.05, 4.69) is 12.2 Å². The molecule has 1 atom stereocenters. The fourth-order valence-corrected chi connectivity index (χ4v) is 2.36. The summed E-state index contributed by atoms with van der Waals surface area (Å²) in [4.78, 5) is 11.4. The van der Waals surface area contributed by atoms with E-state index in [0.717, 1.165) is 41.6 Å². The van der Waals surface area contributed by atoms with E-state index in [4.69, 9.17) is 0 Å². The molecule has 17 heavy (non-hydrogen) atoms. The van der Waals surface area contributed by atoms with E-state index in [1.165, 1.54) is 0 Å². The zero-order valence-corrected chi connectivity index (χ0v) is 10.4. The second-order valence-electron chi connectivity index (χ2n) is 4.77. The highest BCUT2D eigenvalue weighted by Gasteiger charge is 2.23. The molecule has 0 radical (unpaired) electrons. The second-order valence-corrected chi connectivity index (χ2v) is 4.77. The average Bonchev–Trinajstić information content (AvgIpc) is 2.64. The van der Waals surface area contributed by atoms with Crippen molar-refractivity contribution in [1.82, 2.24) is 0 Å². The van der Waals surface area contributed by atoms with Crippen LogP contribution in [0.1, 0.15) is 49.0 Å². The van der Waals surface area contributed by atoms with E-state index >= 15 is 0 Å². The van der Waals surface area contributed by atoms with Gasteiger partial charge in [-0.25, -0.2) is 0 Å². The third kappa shape index (κ3) is 2.50. The molecular formula is C14H19NO2. The van der Waals surface area contributed by atoms with Gasteiger partial charge in [0.25, 0.3) is 0 Å². The Bertz CT molecular complexity index is 440. The zero-order valence-electron chi connectivity index (χ0n) is 10.4. The quantitative estimate of drug-likeness (QED) is 0.840. The summed E-state index contributed by atoms with van der Waals surface area (Å²) in [6.07, 6.45) is 2.78. The van der Waals surface area contributed by atoms with Gasteiger partial charge in [-0.2, -0.15) is 0 Å². The number of aryl methyl sites for hydroxylation is 1. The van der Waals surface area contributed by atoms with Crippen LogP contribution in [0.2, 0.25) is 0 Å². The summed E-state index contributed by atoms with van der Waals surface area (Å²) in [5, 5.41) is 13.0. The van der Waals surface area contributed by atoms with Gasteiger partial charge in [-0.05, 0) is 18.9 Å². The molecule has 1 aromatic rings. The van der Waals surface area contributed by atoms with E-state index < -0.39 is 6.10 Å². The van der Waals surface area contributed by atoms with Crippen LogP contribution in [0.25, 0.3) is 0 Å². The molecule has 3 heteroatoms. The molecule has 2 N–H and O–H groups in total. The monoisotopic (exact) mass is 233 g/mol. The van der Waals surface area contributed by atoms with Gasteiger partial charge in [-0.15, -0.1) is 0 Å². The Kier molecular flexibility index (Phi) is 3.48. The lowest BCUT2D eigenvalue weighted by molar-refractivity contribution is -0.115.